The Morgan fingerprint density at radius 3 is 2.00 bits per heavy atom. The largest absolute Gasteiger partial charge is 0.347 e. The molecule has 1 aliphatic rings. The Morgan fingerprint density at radius 2 is 1.64 bits per heavy atom. The van der Waals surface area contributed by atoms with Gasteiger partial charge in [-0.3, -0.25) is 9.69 Å². The van der Waals surface area contributed by atoms with Gasteiger partial charge in [0, 0.05) is 14.1 Å². The molecule has 0 saturated carbocycles. The Hall–Kier alpha value is -0.610. The number of nitrogens with zero attached hydrogens (tertiary/aromatic N) is 2. The van der Waals surface area contributed by atoms with E-state index in [4.69, 9.17) is 0 Å². The topological polar surface area (TPSA) is 35.6 Å². The van der Waals surface area contributed by atoms with Gasteiger partial charge < -0.3 is 10.2 Å². The molecule has 0 aliphatic carbocycles. The molecule has 0 spiro atoms. The van der Waals surface area contributed by atoms with E-state index < -0.39 is 0 Å². The van der Waals surface area contributed by atoms with Gasteiger partial charge in [-0.1, -0.05) is 0 Å². The number of hydrogen-bond donors (Lipinski definition) is 1. The Balaban J connectivity index is 2.85. The summed E-state index contributed by atoms with van der Waals surface area (Å²) in [5.41, 5.74) is -0.283. The lowest BCUT2D eigenvalue weighted by molar-refractivity contribution is -0.142. The zero-order chi connectivity index (χ0) is 10.8. The van der Waals surface area contributed by atoms with Crippen LogP contribution in [0.4, 0.5) is 0 Å². The third kappa shape index (κ3) is 1.91. The zero-order valence-corrected chi connectivity index (χ0v) is 9.63. The van der Waals surface area contributed by atoms with Crippen molar-refractivity contribution in [2.24, 2.45) is 0 Å². The molecular formula is C10H21N3O. The molecular weight excluding hydrogens is 178 g/mol. The molecule has 82 valence electrons. The van der Waals surface area contributed by atoms with E-state index in [1.165, 1.54) is 0 Å². The molecule has 0 aromatic carbocycles. The second-order valence-electron chi connectivity index (χ2n) is 4.38. The molecule has 1 fully saturated rings. The van der Waals surface area contributed by atoms with Gasteiger partial charge in [-0.25, -0.2) is 0 Å². The average molecular weight is 199 g/mol. The Bertz CT molecular complexity index is 207. The quantitative estimate of drug-likeness (QED) is 0.666. The summed E-state index contributed by atoms with van der Waals surface area (Å²) in [5.74, 6) is 0.226. The predicted octanol–water partition coefficient (Wildman–Crippen LogP) is -0.242. The van der Waals surface area contributed by atoms with Gasteiger partial charge in [0.25, 0.3) is 0 Å². The van der Waals surface area contributed by atoms with Crippen LogP contribution in [0.3, 0.4) is 0 Å². The first kappa shape index (κ1) is 11.5. The normalized spacial score (nSPS) is 20.9. The van der Waals surface area contributed by atoms with Crippen LogP contribution in [0.1, 0.15) is 12.8 Å². The summed E-state index contributed by atoms with van der Waals surface area (Å²) in [6.07, 6.45) is 1.80. The lowest BCUT2D eigenvalue weighted by Gasteiger charge is -2.43. The maximum atomic E-state index is 12.1. The van der Waals surface area contributed by atoms with Crippen molar-refractivity contribution in [3.63, 3.8) is 0 Å². The van der Waals surface area contributed by atoms with E-state index in [0.717, 1.165) is 25.9 Å². The molecule has 1 amide bonds. The number of carbonyl (C=O) groups excluding carboxylic acids is 1. The summed E-state index contributed by atoms with van der Waals surface area (Å²) in [6, 6.07) is 0. The van der Waals surface area contributed by atoms with Crippen molar-refractivity contribution in [2.45, 2.75) is 18.4 Å². The SMILES string of the molecule is CN(C)C(=O)C1(N(C)C)CCNCC1. The van der Waals surface area contributed by atoms with Gasteiger partial charge in [-0.15, -0.1) is 0 Å². The number of carbonyl (C=O) groups is 1. The van der Waals surface area contributed by atoms with Gasteiger partial charge in [0.05, 0.1) is 0 Å². The van der Waals surface area contributed by atoms with Crippen molar-refractivity contribution >= 4 is 5.91 Å². The Kier molecular flexibility index (Phi) is 3.50. The van der Waals surface area contributed by atoms with Gasteiger partial charge >= 0.3 is 0 Å². The van der Waals surface area contributed by atoms with Gasteiger partial charge in [0.15, 0.2) is 0 Å². The molecule has 0 aromatic heterocycles. The van der Waals surface area contributed by atoms with Crippen LogP contribution in [-0.4, -0.2) is 62.5 Å². The minimum atomic E-state index is -0.283. The van der Waals surface area contributed by atoms with Crippen molar-refractivity contribution in [3.8, 4) is 0 Å². The standard InChI is InChI=1S/C10H21N3O/c1-12(2)9(14)10(13(3)4)5-7-11-8-6-10/h11H,5-8H2,1-4H3. The van der Waals surface area contributed by atoms with E-state index >= 15 is 0 Å². The van der Waals surface area contributed by atoms with Crippen LogP contribution in [0.2, 0.25) is 0 Å². The van der Waals surface area contributed by atoms with Gasteiger partial charge in [-0.05, 0) is 40.0 Å². The molecule has 1 aliphatic heterocycles. The fourth-order valence-corrected chi connectivity index (χ4v) is 2.11. The molecule has 1 rings (SSSR count). The maximum absolute atomic E-state index is 12.1. The highest BCUT2D eigenvalue weighted by Gasteiger charge is 2.42. The third-order valence-corrected chi connectivity index (χ3v) is 3.09. The highest BCUT2D eigenvalue weighted by atomic mass is 16.2. The summed E-state index contributed by atoms with van der Waals surface area (Å²) in [5, 5.41) is 3.29. The first-order chi connectivity index (χ1) is 6.50. The highest BCUT2D eigenvalue weighted by Crippen LogP contribution is 2.25. The molecule has 4 nitrogen and oxygen atoms in total. The van der Waals surface area contributed by atoms with E-state index in [1.54, 1.807) is 4.90 Å². The lowest BCUT2D eigenvalue weighted by atomic mass is 9.85. The summed E-state index contributed by atoms with van der Waals surface area (Å²) >= 11 is 0. The number of hydrogen-bond acceptors (Lipinski definition) is 3. The fourth-order valence-electron chi connectivity index (χ4n) is 2.11. The van der Waals surface area contributed by atoms with Crippen LogP contribution in [-0.2, 0) is 4.79 Å². The van der Waals surface area contributed by atoms with Crippen LogP contribution in [0.5, 0.6) is 0 Å². The molecule has 1 saturated heterocycles. The number of rotatable bonds is 2. The van der Waals surface area contributed by atoms with Crippen LogP contribution in [0.25, 0.3) is 0 Å². The molecule has 4 heteroatoms. The molecule has 0 atom stereocenters. The van der Waals surface area contributed by atoms with E-state index in [9.17, 15) is 4.79 Å². The van der Waals surface area contributed by atoms with Gasteiger partial charge in [0.2, 0.25) is 5.91 Å². The van der Waals surface area contributed by atoms with Crippen LogP contribution in [0.15, 0.2) is 0 Å². The van der Waals surface area contributed by atoms with Crippen molar-refractivity contribution < 1.29 is 4.79 Å². The first-order valence-electron chi connectivity index (χ1n) is 5.10. The molecule has 0 bridgehead atoms. The lowest BCUT2D eigenvalue weighted by Crippen LogP contribution is -2.60. The summed E-state index contributed by atoms with van der Waals surface area (Å²) in [6.45, 7) is 1.86. The smallest absolute Gasteiger partial charge is 0.242 e. The molecule has 0 radical (unpaired) electrons. The molecule has 1 N–H and O–H groups in total. The number of amides is 1. The van der Waals surface area contributed by atoms with Gasteiger partial charge in [-0.2, -0.15) is 0 Å². The van der Waals surface area contributed by atoms with Crippen molar-refractivity contribution in [2.75, 3.05) is 41.3 Å². The number of likely N-dealkylation sites (N-methyl/N-ethyl adjacent to an activating group) is 2. The molecule has 0 aromatic rings. The molecule has 14 heavy (non-hydrogen) atoms. The summed E-state index contributed by atoms with van der Waals surface area (Å²) in [7, 11) is 7.64. The average Bonchev–Trinajstić information content (AvgIpc) is 2.17. The number of nitrogens with one attached hydrogen (secondary N) is 1. The van der Waals surface area contributed by atoms with Crippen molar-refractivity contribution in [3.05, 3.63) is 0 Å². The van der Waals surface area contributed by atoms with Crippen LogP contribution < -0.4 is 5.32 Å². The number of piperidine rings is 1. The Labute approximate surface area is 86.2 Å². The van der Waals surface area contributed by atoms with E-state index in [2.05, 4.69) is 10.2 Å². The third-order valence-electron chi connectivity index (χ3n) is 3.09. The second-order valence-corrected chi connectivity index (χ2v) is 4.38. The summed E-state index contributed by atoms with van der Waals surface area (Å²) < 4.78 is 0. The minimum absolute atomic E-state index is 0.226. The minimum Gasteiger partial charge on any atom is -0.347 e. The maximum Gasteiger partial charge on any atom is 0.242 e. The second kappa shape index (κ2) is 4.28. The van der Waals surface area contributed by atoms with E-state index in [1.807, 2.05) is 28.2 Å². The highest BCUT2D eigenvalue weighted by molar-refractivity contribution is 5.86. The van der Waals surface area contributed by atoms with Crippen molar-refractivity contribution in [1.82, 2.24) is 15.1 Å². The monoisotopic (exact) mass is 199 g/mol. The van der Waals surface area contributed by atoms with E-state index in [0.29, 0.717) is 0 Å². The molecule has 0 unspecified atom stereocenters. The van der Waals surface area contributed by atoms with Crippen LogP contribution in [0, 0.1) is 0 Å². The van der Waals surface area contributed by atoms with Gasteiger partial charge in [0.1, 0.15) is 5.54 Å². The first-order valence-corrected chi connectivity index (χ1v) is 5.10. The molecule has 1 heterocycles. The van der Waals surface area contributed by atoms with Crippen molar-refractivity contribution in [1.29, 1.82) is 0 Å². The predicted molar refractivity (Wildman–Crippen MR) is 57.2 cm³/mol. The van der Waals surface area contributed by atoms with Crippen LogP contribution >= 0.6 is 0 Å². The fraction of sp³-hybridized carbons (Fsp3) is 0.900. The zero-order valence-electron chi connectivity index (χ0n) is 9.63. The Morgan fingerprint density at radius 1 is 1.14 bits per heavy atom. The summed E-state index contributed by atoms with van der Waals surface area (Å²) in [4.78, 5) is 15.9. The van der Waals surface area contributed by atoms with E-state index in [-0.39, 0.29) is 11.4 Å².